The van der Waals surface area contributed by atoms with Gasteiger partial charge in [-0.3, -0.25) is 9.36 Å². The molecule has 0 atom stereocenters. The van der Waals surface area contributed by atoms with Crippen molar-refractivity contribution in [2.75, 3.05) is 7.11 Å². The first-order valence-corrected chi connectivity index (χ1v) is 6.54. The van der Waals surface area contributed by atoms with Crippen LogP contribution in [-0.4, -0.2) is 16.7 Å². The van der Waals surface area contributed by atoms with Crippen molar-refractivity contribution in [1.29, 1.82) is 0 Å². The summed E-state index contributed by atoms with van der Waals surface area (Å²) in [5.74, 6) is 1.50. The van der Waals surface area contributed by atoms with Crippen molar-refractivity contribution in [1.82, 2.24) is 9.55 Å². The Morgan fingerprint density at radius 2 is 2.22 bits per heavy atom. The monoisotopic (exact) mass is 356 g/mol. The third-order valence-electron chi connectivity index (χ3n) is 2.68. The van der Waals surface area contributed by atoms with Crippen molar-refractivity contribution in [2.24, 2.45) is 0 Å². The fourth-order valence-electron chi connectivity index (χ4n) is 1.69. The van der Waals surface area contributed by atoms with Crippen LogP contribution < -0.4 is 10.3 Å². The smallest absolute Gasteiger partial charge is 0.267 e. The Bertz CT molecular complexity index is 623. The SMILES string of the molecule is COc1cccc(Cn2c(C)ncc(I)c2=O)c1. The van der Waals surface area contributed by atoms with E-state index in [4.69, 9.17) is 4.74 Å². The molecule has 0 aliphatic heterocycles. The molecule has 18 heavy (non-hydrogen) atoms. The molecule has 1 aromatic heterocycles. The molecular formula is C13H13IN2O2. The Morgan fingerprint density at radius 3 is 2.94 bits per heavy atom. The molecule has 2 rings (SSSR count). The van der Waals surface area contributed by atoms with Gasteiger partial charge in [-0.15, -0.1) is 0 Å². The minimum absolute atomic E-state index is 0.00841. The third kappa shape index (κ3) is 2.72. The molecule has 0 aliphatic rings. The number of benzene rings is 1. The average Bonchev–Trinajstić information content (AvgIpc) is 2.39. The van der Waals surface area contributed by atoms with E-state index >= 15 is 0 Å². The number of ether oxygens (including phenoxy) is 1. The molecule has 0 N–H and O–H groups in total. The number of rotatable bonds is 3. The lowest BCUT2D eigenvalue weighted by molar-refractivity contribution is 0.414. The second-order valence-corrected chi connectivity index (χ2v) is 5.06. The first-order valence-electron chi connectivity index (χ1n) is 5.46. The van der Waals surface area contributed by atoms with Gasteiger partial charge in [0, 0.05) is 6.20 Å². The van der Waals surface area contributed by atoms with Gasteiger partial charge in [-0.1, -0.05) is 12.1 Å². The maximum atomic E-state index is 12.0. The Kier molecular flexibility index (Phi) is 4.00. The topological polar surface area (TPSA) is 44.1 Å². The molecule has 0 bridgehead atoms. The van der Waals surface area contributed by atoms with Crippen LogP contribution >= 0.6 is 22.6 Å². The Labute approximate surface area is 119 Å². The largest absolute Gasteiger partial charge is 0.497 e. The normalized spacial score (nSPS) is 10.4. The number of nitrogens with zero attached hydrogens (tertiary/aromatic N) is 2. The molecule has 0 unspecified atom stereocenters. The van der Waals surface area contributed by atoms with E-state index in [1.807, 2.05) is 53.8 Å². The van der Waals surface area contributed by atoms with Crippen LogP contribution in [0.25, 0.3) is 0 Å². The lowest BCUT2D eigenvalue weighted by Gasteiger charge is -2.10. The zero-order valence-electron chi connectivity index (χ0n) is 10.2. The van der Waals surface area contributed by atoms with E-state index in [0.29, 0.717) is 15.9 Å². The summed E-state index contributed by atoms with van der Waals surface area (Å²) in [6.45, 7) is 2.34. The molecule has 0 fully saturated rings. The van der Waals surface area contributed by atoms with Gasteiger partial charge in [0.25, 0.3) is 5.56 Å². The first-order chi connectivity index (χ1) is 8.61. The Morgan fingerprint density at radius 1 is 1.44 bits per heavy atom. The van der Waals surface area contributed by atoms with Gasteiger partial charge >= 0.3 is 0 Å². The highest BCUT2D eigenvalue weighted by Crippen LogP contribution is 2.13. The molecule has 2 aromatic rings. The molecule has 1 aromatic carbocycles. The number of aromatic nitrogens is 2. The van der Waals surface area contributed by atoms with E-state index in [1.54, 1.807) is 17.9 Å². The summed E-state index contributed by atoms with van der Waals surface area (Å²) in [5.41, 5.74) is 1.01. The number of methoxy groups -OCH3 is 1. The highest BCUT2D eigenvalue weighted by Gasteiger charge is 2.06. The summed E-state index contributed by atoms with van der Waals surface area (Å²) in [7, 11) is 1.63. The van der Waals surface area contributed by atoms with Gasteiger partial charge in [0.15, 0.2) is 0 Å². The predicted octanol–water partition coefficient (Wildman–Crippen LogP) is 2.21. The van der Waals surface area contributed by atoms with Crippen molar-refractivity contribution in [3.63, 3.8) is 0 Å². The lowest BCUT2D eigenvalue weighted by atomic mass is 10.2. The summed E-state index contributed by atoms with van der Waals surface area (Å²) in [4.78, 5) is 16.2. The van der Waals surface area contributed by atoms with Crippen molar-refractivity contribution < 1.29 is 4.74 Å². The van der Waals surface area contributed by atoms with Gasteiger partial charge in [0.05, 0.1) is 17.2 Å². The molecule has 0 amide bonds. The Balaban J connectivity index is 2.40. The van der Waals surface area contributed by atoms with Crippen LogP contribution in [0, 0.1) is 10.5 Å². The van der Waals surface area contributed by atoms with Crippen LogP contribution in [0.5, 0.6) is 5.75 Å². The molecule has 0 saturated heterocycles. The third-order valence-corrected chi connectivity index (χ3v) is 3.42. The van der Waals surface area contributed by atoms with Gasteiger partial charge in [-0.05, 0) is 47.2 Å². The van der Waals surface area contributed by atoms with Crippen molar-refractivity contribution in [3.05, 3.63) is 55.8 Å². The second kappa shape index (κ2) is 5.51. The van der Waals surface area contributed by atoms with Gasteiger partial charge in [-0.2, -0.15) is 0 Å². The lowest BCUT2D eigenvalue weighted by Crippen LogP contribution is -2.26. The zero-order chi connectivity index (χ0) is 13.1. The number of hydrogen-bond acceptors (Lipinski definition) is 3. The van der Waals surface area contributed by atoms with E-state index in [9.17, 15) is 4.79 Å². The quantitative estimate of drug-likeness (QED) is 0.793. The zero-order valence-corrected chi connectivity index (χ0v) is 12.3. The van der Waals surface area contributed by atoms with Gasteiger partial charge < -0.3 is 4.74 Å². The Hall–Kier alpha value is -1.37. The van der Waals surface area contributed by atoms with E-state index in [1.165, 1.54) is 0 Å². The minimum atomic E-state index is -0.00841. The predicted molar refractivity (Wildman–Crippen MR) is 78.0 cm³/mol. The summed E-state index contributed by atoms with van der Waals surface area (Å²) in [6.07, 6.45) is 1.60. The molecule has 0 spiro atoms. The van der Waals surface area contributed by atoms with Crippen LogP contribution in [0.3, 0.4) is 0 Å². The van der Waals surface area contributed by atoms with Crippen molar-refractivity contribution in [3.8, 4) is 5.75 Å². The van der Waals surface area contributed by atoms with Crippen molar-refractivity contribution >= 4 is 22.6 Å². The van der Waals surface area contributed by atoms with E-state index in [2.05, 4.69) is 4.98 Å². The molecule has 5 heteroatoms. The molecular weight excluding hydrogens is 343 g/mol. The van der Waals surface area contributed by atoms with Crippen LogP contribution in [0.1, 0.15) is 11.4 Å². The maximum absolute atomic E-state index is 12.0. The van der Waals surface area contributed by atoms with E-state index in [0.717, 1.165) is 11.3 Å². The van der Waals surface area contributed by atoms with Gasteiger partial charge in [0.1, 0.15) is 11.6 Å². The summed E-state index contributed by atoms with van der Waals surface area (Å²) in [5, 5.41) is 0. The fourth-order valence-corrected chi connectivity index (χ4v) is 2.12. The van der Waals surface area contributed by atoms with E-state index < -0.39 is 0 Å². The average molecular weight is 356 g/mol. The summed E-state index contributed by atoms with van der Waals surface area (Å²) < 4.78 is 7.46. The second-order valence-electron chi connectivity index (χ2n) is 3.90. The van der Waals surface area contributed by atoms with Crippen LogP contribution in [0.2, 0.25) is 0 Å². The fraction of sp³-hybridized carbons (Fsp3) is 0.231. The molecule has 0 radical (unpaired) electrons. The summed E-state index contributed by atoms with van der Waals surface area (Å²) >= 11 is 2.00. The molecule has 0 saturated carbocycles. The summed E-state index contributed by atoms with van der Waals surface area (Å²) in [6, 6.07) is 7.68. The number of hydrogen-bond donors (Lipinski definition) is 0. The van der Waals surface area contributed by atoms with Crippen LogP contribution in [-0.2, 0) is 6.54 Å². The molecule has 0 aliphatic carbocycles. The van der Waals surface area contributed by atoms with E-state index in [-0.39, 0.29) is 5.56 Å². The molecule has 4 nitrogen and oxygen atoms in total. The van der Waals surface area contributed by atoms with Crippen molar-refractivity contribution in [2.45, 2.75) is 13.5 Å². The standard InChI is InChI=1S/C13H13IN2O2/c1-9-15-7-12(14)13(17)16(9)8-10-4-3-5-11(6-10)18-2/h3-7H,8H2,1-2H3. The highest BCUT2D eigenvalue weighted by atomic mass is 127. The van der Waals surface area contributed by atoms with Crippen LogP contribution in [0.15, 0.2) is 35.3 Å². The first kappa shape index (κ1) is 13.1. The van der Waals surface area contributed by atoms with Gasteiger partial charge in [0.2, 0.25) is 0 Å². The van der Waals surface area contributed by atoms with Gasteiger partial charge in [-0.25, -0.2) is 4.98 Å². The molecule has 1 heterocycles. The maximum Gasteiger partial charge on any atom is 0.267 e. The van der Waals surface area contributed by atoms with Crippen LogP contribution in [0.4, 0.5) is 0 Å². The highest BCUT2D eigenvalue weighted by molar-refractivity contribution is 14.1. The number of halogens is 1. The minimum Gasteiger partial charge on any atom is -0.497 e. The number of aryl methyl sites for hydroxylation is 1. The molecule has 94 valence electrons.